The van der Waals surface area contributed by atoms with Crippen molar-refractivity contribution in [2.24, 2.45) is 11.8 Å². The SMILES string of the molecule is Cc1ccc(-c2cc(CN3C[C@H]4CNC[C@H]4C3)on2)cc1.Cl. The van der Waals surface area contributed by atoms with E-state index in [2.05, 4.69) is 52.6 Å². The first-order valence-corrected chi connectivity index (χ1v) is 7.73. The maximum atomic E-state index is 5.53. The molecular formula is C17H22ClN3O. The second-order valence-corrected chi connectivity index (χ2v) is 6.42. The minimum absolute atomic E-state index is 0. The fourth-order valence-corrected chi connectivity index (χ4v) is 3.55. The highest BCUT2D eigenvalue weighted by molar-refractivity contribution is 5.85. The number of rotatable bonds is 3. The van der Waals surface area contributed by atoms with Gasteiger partial charge in [-0.25, -0.2) is 0 Å². The van der Waals surface area contributed by atoms with Crippen molar-refractivity contribution in [2.75, 3.05) is 26.2 Å². The molecule has 0 unspecified atom stereocenters. The van der Waals surface area contributed by atoms with Crippen LogP contribution in [0.25, 0.3) is 11.3 Å². The normalized spacial score (nSPS) is 24.2. The highest BCUT2D eigenvalue weighted by Crippen LogP contribution is 2.28. The van der Waals surface area contributed by atoms with Crippen molar-refractivity contribution in [1.82, 2.24) is 15.4 Å². The summed E-state index contributed by atoms with van der Waals surface area (Å²) in [5.74, 6) is 2.62. The Balaban J connectivity index is 0.00000144. The fourth-order valence-electron chi connectivity index (χ4n) is 3.55. The van der Waals surface area contributed by atoms with Gasteiger partial charge in [-0.15, -0.1) is 12.4 Å². The number of aromatic nitrogens is 1. The predicted octanol–water partition coefficient (Wildman–Crippen LogP) is 2.72. The number of aryl methyl sites for hydroxylation is 1. The average molecular weight is 320 g/mol. The number of fused-ring (bicyclic) bond motifs is 1. The number of nitrogens with one attached hydrogen (secondary N) is 1. The van der Waals surface area contributed by atoms with Gasteiger partial charge in [-0.2, -0.15) is 0 Å². The van der Waals surface area contributed by atoms with E-state index in [0.29, 0.717) is 0 Å². The van der Waals surface area contributed by atoms with Crippen LogP contribution < -0.4 is 5.32 Å². The Morgan fingerprint density at radius 2 is 1.86 bits per heavy atom. The Morgan fingerprint density at radius 3 is 2.55 bits per heavy atom. The van der Waals surface area contributed by atoms with Crippen LogP contribution in [0.2, 0.25) is 0 Å². The van der Waals surface area contributed by atoms with Crippen molar-refractivity contribution in [3.8, 4) is 11.3 Å². The van der Waals surface area contributed by atoms with E-state index in [0.717, 1.165) is 35.4 Å². The van der Waals surface area contributed by atoms with Gasteiger partial charge in [0.2, 0.25) is 0 Å². The van der Waals surface area contributed by atoms with E-state index in [9.17, 15) is 0 Å². The second-order valence-electron chi connectivity index (χ2n) is 6.42. The maximum Gasteiger partial charge on any atom is 0.151 e. The van der Waals surface area contributed by atoms with Crippen molar-refractivity contribution in [2.45, 2.75) is 13.5 Å². The third-order valence-corrected chi connectivity index (χ3v) is 4.75. The van der Waals surface area contributed by atoms with Crippen LogP contribution in [0.1, 0.15) is 11.3 Å². The first-order chi connectivity index (χ1) is 10.3. The summed E-state index contributed by atoms with van der Waals surface area (Å²) < 4.78 is 5.53. The molecule has 5 heteroatoms. The van der Waals surface area contributed by atoms with Gasteiger partial charge in [0.05, 0.1) is 6.54 Å². The molecule has 1 aromatic heterocycles. The van der Waals surface area contributed by atoms with Crippen LogP contribution in [0.15, 0.2) is 34.9 Å². The van der Waals surface area contributed by atoms with E-state index in [1.54, 1.807) is 0 Å². The Labute approximate surface area is 137 Å². The van der Waals surface area contributed by atoms with E-state index in [-0.39, 0.29) is 12.4 Å². The highest BCUT2D eigenvalue weighted by atomic mass is 35.5. The first-order valence-electron chi connectivity index (χ1n) is 7.73. The van der Waals surface area contributed by atoms with Gasteiger partial charge in [-0.05, 0) is 31.8 Å². The summed E-state index contributed by atoms with van der Waals surface area (Å²) in [5, 5.41) is 7.69. The molecule has 0 aliphatic carbocycles. The average Bonchev–Trinajstić information content (AvgIpc) is 3.16. The molecule has 118 valence electrons. The molecule has 3 heterocycles. The van der Waals surface area contributed by atoms with E-state index < -0.39 is 0 Å². The highest BCUT2D eigenvalue weighted by Gasteiger charge is 2.36. The second kappa shape index (κ2) is 6.41. The molecule has 4 nitrogen and oxygen atoms in total. The van der Waals surface area contributed by atoms with Crippen molar-refractivity contribution < 1.29 is 4.52 Å². The minimum atomic E-state index is 0. The number of halogens is 1. The summed E-state index contributed by atoms with van der Waals surface area (Å²) in [6, 6.07) is 10.5. The van der Waals surface area contributed by atoms with Gasteiger partial charge in [0.25, 0.3) is 0 Å². The van der Waals surface area contributed by atoms with Crippen molar-refractivity contribution in [3.63, 3.8) is 0 Å². The number of hydrogen-bond donors (Lipinski definition) is 1. The van der Waals surface area contributed by atoms with E-state index in [1.807, 2.05) is 0 Å². The van der Waals surface area contributed by atoms with E-state index in [1.165, 1.54) is 31.7 Å². The van der Waals surface area contributed by atoms with Crippen LogP contribution in [0, 0.1) is 18.8 Å². The third-order valence-electron chi connectivity index (χ3n) is 4.75. The summed E-state index contributed by atoms with van der Waals surface area (Å²) in [7, 11) is 0. The molecule has 0 saturated carbocycles. The fraction of sp³-hybridized carbons (Fsp3) is 0.471. The zero-order valence-electron chi connectivity index (χ0n) is 12.8. The Morgan fingerprint density at radius 1 is 1.18 bits per heavy atom. The zero-order chi connectivity index (χ0) is 14.2. The zero-order valence-corrected chi connectivity index (χ0v) is 13.6. The largest absolute Gasteiger partial charge is 0.359 e. The van der Waals surface area contributed by atoms with Gasteiger partial charge < -0.3 is 9.84 Å². The summed E-state index contributed by atoms with van der Waals surface area (Å²) in [4.78, 5) is 2.50. The molecule has 0 amide bonds. The standard InChI is InChI=1S/C17H21N3O.ClH/c1-12-2-4-13(5-3-12)17-6-16(21-19-17)11-20-9-14-7-18-8-15(14)10-20;/h2-6,14-15,18H,7-11H2,1H3;1H/t14-,15+;. The van der Waals surface area contributed by atoms with Crippen LogP contribution in [0.5, 0.6) is 0 Å². The minimum Gasteiger partial charge on any atom is -0.359 e. The smallest absolute Gasteiger partial charge is 0.151 e. The summed E-state index contributed by atoms with van der Waals surface area (Å²) >= 11 is 0. The van der Waals surface area contributed by atoms with Gasteiger partial charge in [0.1, 0.15) is 5.69 Å². The number of nitrogens with zero attached hydrogens (tertiary/aromatic N) is 2. The van der Waals surface area contributed by atoms with E-state index in [4.69, 9.17) is 4.52 Å². The lowest BCUT2D eigenvalue weighted by atomic mass is 10.0. The molecule has 2 aromatic rings. The predicted molar refractivity (Wildman–Crippen MR) is 89.1 cm³/mol. The molecule has 0 radical (unpaired) electrons. The maximum absolute atomic E-state index is 5.53. The van der Waals surface area contributed by atoms with Gasteiger partial charge in [-0.3, -0.25) is 4.90 Å². The summed E-state index contributed by atoms with van der Waals surface area (Å²) in [6.45, 7) is 7.68. The van der Waals surface area contributed by atoms with Crippen LogP contribution in [0.3, 0.4) is 0 Å². The number of benzene rings is 1. The van der Waals surface area contributed by atoms with Gasteiger partial charge >= 0.3 is 0 Å². The summed E-state index contributed by atoms with van der Waals surface area (Å²) in [6.07, 6.45) is 0. The van der Waals surface area contributed by atoms with Gasteiger partial charge in [-0.1, -0.05) is 35.0 Å². The molecule has 2 saturated heterocycles. The van der Waals surface area contributed by atoms with Crippen LogP contribution >= 0.6 is 12.4 Å². The van der Waals surface area contributed by atoms with Crippen molar-refractivity contribution in [1.29, 1.82) is 0 Å². The molecule has 4 rings (SSSR count). The third kappa shape index (κ3) is 3.05. The number of likely N-dealkylation sites (tertiary alicyclic amines) is 1. The van der Waals surface area contributed by atoms with Gasteiger partial charge in [0.15, 0.2) is 5.76 Å². The Hall–Kier alpha value is -1.36. The molecule has 22 heavy (non-hydrogen) atoms. The number of hydrogen-bond acceptors (Lipinski definition) is 4. The van der Waals surface area contributed by atoms with Crippen molar-refractivity contribution in [3.05, 3.63) is 41.7 Å². The van der Waals surface area contributed by atoms with Crippen LogP contribution in [0.4, 0.5) is 0 Å². The topological polar surface area (TPSA) is 41.3 Å². The Kier molecular flexibility index (Phi) is 4.52. The monoisotopic (exact) mass is 319 g/mol. The quantitative estimate of drug-likeness (QED) is 0.944. The lowest BCUT2D eigenvalue weighted by Crippen LogP contribution is -2.25. The summed E-state index contributed by atoms with van der Waals surface area (Å²) in [5.41, 5.74) is 3.32. The molecule has 2 atom stereocenters. The van der Waals surface area contributed by atoms with E-state index >= 15 is 0 Å². The first kappa shape index (κ1) is 15.5. The lowest BCUT2D eigenvalue weighted by molar-refractivity contribution is 0.259. The lowest BCUT2D eigenvalue weighted by Gasteiger charge is -2.14. The molecule has 2 fully saturated rings. The molecule has 2 aliphatic heterocycles. The van der Waals surface area contributed by atoms with Crippen molar-refractivity contribution >= 4 is 12.4 Å². The van der Waals surface area contributed by atoms with Crippen LogP contribution in [-0.4, -0.2) is 36.2 Å². The molecule has 1 N–H and O–H groups in total. The molecule has 0 bridgehead atoms. The Bertz CT molecular complexity index is 613. The molecule has 1 aromatic carbocycles. The van der Waals surface area contributed by atoms with Gasteiger partial charge in [0, 0.05) is 24.7 Å². The molecule has 2 aliphatic rings. The van der Waals surface area contributed by atoms with Crippen LogP contribution in [-0.2, 0) is 6.54 Å². The molecular weight excluding hydrogens is 298 g/mol. The molecule has 0 spiro atoms.